The Morgan fingerprint density at radius 3 is 2.50 bits per heavy atom. The minimum Gasteiger partial charge on any atom is -0.457 e. The maximum absolute atomic E-state index is 11.9. The normalized spacial score (nSPS) is 10.1. The van der Waals surface area contributed by atoms with Crippen LogP contribution in [-0.2, 0) is 11.3 Å². The number of ether oxygens (including phenoxy) is 1. The minimum absolute atomic E-state index is 0.245. The van der Waals surface area contributed by atoms with E-state index >= 15 is 0 Å². The van der Waals surface area contributed by atoms with Crippen molar-refractivity contribution < 1.29 is 9.53 Å². The summed E-state index contributed by atoms with van der Waals surface area (Å²) >= 11 is 3.41. The van der Waals surface area contributed by atoms with Crippen molar-refractivity contribution in [3.8, 4) is 0 Å². The van der Waals surface area contributed by atoms with Gasteiger partial charge in [0.05, 0.1) is 5.56 Å². The van der Waals surface area contributed by atoms with E-state index in [1.807, 2.05) is 30.3 Å². The van der Waals surface area contributed by atoms with Gasteiger partial charge in [-0.1, -0.05) is 52.3 Å². The third-order valence-electron chi connectivity index (χ3n) is 2.55. The van der Waals surface area contributed by atoms with Crippen LogP contribution in [0.4, 0.5) is 0 Å². The summed E-state index contributed by atoms with van der Waals surface area (Å²) in [4.78, 5) is 11.9. The summed E-state index contributed by atoms with van der Waals surface area (Å²) in [5.74, 6) is -0.351. The highest BCUT2D eigenvalue weighted by atomic mass is 79.9. The third-order valence-corrected chi connectivity index (χ3v) is 3.33. The van der Waals surface area contributed by atoms with Crippen molar-refractivity contribution >= 4 is 21.9 Å². The van der Waals surface area contributed by atoms with Gasteiger partial charge in [-0.25, -0.2) is 4.79 Å². The Hall–Kier alpha value is -1.61. The summed E-state index contributed by atoms with van der Waals surface area (Å²) in [6, 6.07) is 14.8. The van der Waals surface area contributed by atoms with Crippen LogP contribution in [0.5, 0.6) is 0 Å². The SMILES string of the molecule is [CH2]c1ccccc1C(=O)OCc1ccccc1Br. The van der Waals surface area contributed by atoms with Crippen LogP contribution in [0.3, 0.4) is 0 Å². The van der Waals surface area contributed by atoms with E-state index in [1.54, 1.807) is 18.2 Å². The van der Waals surface area contributed by atoms with E-state index in [2.05, 4.69) is 22.9 Å². The first-order valence-electron chi connectivity index (χ1n) is 5.50. The van der Waals surface area contributed by atoms with Gasteiger partial charge in [0.25, 0.3) is 0 Å². The molecule has 0 fully saturated rings. The molecule has 0 aliphatic rings. The predicted octanol–water partition coefficient (Wildman–Crippen LogP) is 3.99. The van der Waals surface area contributed by atoms with E-state index < -0.39 is 0 Å². The molecule has 2 nitrogen and oxygen atoms in total. The molecule has 0 saturated carbocycles. The molecule has 0 atom stereocenters. The first kappa shape index (κ1) is 12.8. The van der Waals surface area contributed by atoms with Crippen LogP contribution in [0.25, 0.3) is 0 Å². The van der Waals surface area contributed by atoms with Crippen LogP contribution in [-0.4, -0.2) is 5.97 Å². The molecule has 0 saturated heterocycles. The van der Waals surface area contributed by atoms with Crippen LogP contribution in [0, 0.1) is 6.92 Å². The first-order valence-corrected chi connectivity index (χ1v) is 6.29. The molecule has 0 unspecified atom stereocenters. The van der Waals surface area contributed by atoms with Gasteiger partial charge in [-0.3, -0.25) is 0 Å². The van der Waals surface area contributed by atoms with Gasteiger partial charge in [0.1, 0.15) is 6.61 Å². The van der Waals surface area contributed by atoms with Crippen molar-refractivity contribution in [1.29, 1.82) is 0 Å². The Bertz CT molecular complexity index is 564. The molecule has 0 aliphatic carbocycles. The van der Waals surface area contributed by atoms with Gasteiger partial charge in [0.15, 0.2) is 0 Å². The first-order chi connectivity index (χ1) is 8.68. The van der Waals surface area contributed by atoms with E-state index in [1.165, 1.54) is 0 Å². The fourth-order valence-electron chi connectivity index (χ4n) is 1.56. The molecule has 91 valence electrons. The zero-order valence-electron chi connectivity index (χ0n) is 9.73. The maximum atomic E-state index is 11.9. The van der Waals surface area contributed by atoms with Gasteiger partial charge in [-0.2, -0.15) is 0 Å². The van der Waals surface area contributed by atoms with E-state index in [0.29, 0.717) is 11.1 Å². The number of esters is 1. The van der Waals surface area contributed by atoms with Crippen molar-refractivity contribution in [1.82, 2.24) is 0 Å². The molecule has 0 amide bonds. The molecule has 2 rings (SSSR count). The number of carbonyl (C=O) groups is 1. The smallest absolute Gasteiger partial charge is 0.338 e. The van der Waals surface area contributed by atoms with Gasteiger partial charge < -0.3 is 4.74 Å². The topological polar surface area (TPSA) is 26.3 Å². The van der Waals surface area contributed by atoms with E-state index in [0.717, 1.165) is 10.0 Å². The van der Waals surface area contributed by atoms with Crippen molar-refractivity contribution in [3.05, 3.63) is 76.6 Å². The summed E-state index contributed by atoms with van der Waals surface area (Å²) in [7, 11) is 0. The lowest BCUT2D eigenvalue weighted by Gasteiger charge is -2.08. The molecular weight excluding hydrogens is 292 g/mol. The van der Waals surface area contributed by atoms with Crippen molar-refractivity contribution in [2.75, 3.05) is 0 Å². The van der Waals surface area contributed by atoms with E-state index in [9.17, 15) is 4.79 Å². The van der Waals surface area contributed by atoms with Gasteiger partial charge in [-0.05, 0) is 24.6 Å². The monoisotopic (exact) mass is 303 g/mol. The molecular formula is C15H12BrO2. The number of halogens is 1. The minimum atomic E-state index is -0.351. The maximum Gasteiger partial charge on any atom is 0.338 e. The number of rotatable bonds is 3. The Labute approximate surface area is 115 Å². The van der Waals surface area contributed by atoms with Crippen molar-refractivity contribution in [2.24, 2.45) is 0 Å². The lowest BCUT2D eigenvalue weighted by molar-refractivity contribution is 0.0471. The number of hydrogen-bond acceptors (Lipinski definition) is 2. The van der Waals surface area contributed by atoms with Gasteiger partial charge >= 0.3 is 5.97 Å². The van der Waals surface area contributed by atoms with Crippen molar-refractivity contribution in [3.63, 3.8) is 0 Å². The van der Waals surface area contributed by atoms with E-state index in [4.69, 9.17) is 4.74 Å². The Kier molecular flexibility index (Phi) is 4.15. The second kappa shape index (κ2) is 5.83. The van der Waals surface area contributed by atoms with Crippen LogP contribution in [0.2, 0.25) is 0 Å². The second-order valence-corrected chi connectivity index (χ2v) is 4.68. The van der Waals surface area contributed by atoms with Gasteiger partial charge in [-0.15, -0.1) is 0 Å². The lowest BCUT2D eigenvalue weighted by Crippen LogP contribution is -2.07. The molecule has 2 aromatic carbocycles. The van der Waals surface area contributed by atoms with Gasteiger partial charge in [0, 0.05) is 10.0 Å². The van der Waals surface area contributed by atoms with Crippen LogP contribution in [0.1, 0.15) is 21.5 Å². The molecule has 0 bridgehead atoms. The molecule has 0 heterocycles. The number of carbonyl (C=O) groups excluding carboxylic acids is 1. The summed E-state index contributed by atoms with van der Waals surface area (Å²) in [6.07, 6.45) is 0. The highest BCUT2D eigenvalue weighted by Gasteiger charge is 2.10. The highest BCUT2D eigenvalue weighted by molar-refractivity contribution is 9.10. The van der Waals surface area contributed by atoms with Gasteiger partial charge in [0.2, 0.25) is 0 Å². The zero-order valence-corrected chi connectivity index (χ0v) is 11.3. The second-order valence-electron chi connectivity index (χ2n) is 3.82. The van der Waals surface area contributed by atoms with Crippen molar-refractivity contribution in [2.45, 2.75) is 6.61 Å². The summed E-state index contributed by atoms with van der Waals surface area (Å²) in [5.41, 5.74) is 2.12. The fraction of sp³-hybridized carbons (Fsp3) is 0.0667. The summed E-state index contributed by atoms with van der Waals surface area (Å²) in [6.45, 7) is 4.05. The Morgan fingerprint density at radius 2 is 1.78 bits per heavy atom. The average Bonchev–Trinajstić information content (AvgIpc) is 2.38. The van der Waals surface area contributed by atoms with E-state index in [-0.39, 0.29) is 12.6 Å². The molecule has 3 heteroatoms. The molecule has 0 aromatic heterocycles. The molecule has 0 aliphatic heterocycles. The molecule has 0 N–H and O–H groups in total. The summed E-state index contributed by atoms with van der Waals surface area (Å²) < 4.78 is 6.20. The largest absolute Gasteiger partial charge is 0.457 e. The van der Waals surface area contributed by atoms with Crippen LogP contribution in [0.15, 0.2) is 53.0 Å². The number of benzene rings is 2. The average molecular weight is 304 g/mol. The fourth-order valence-corrected chi connectivity index (χ4v) is 1.96. The Balaban J connectivity index is 2.06. The highest BCUT2D eigenvalue weighted by Crippen LogP contribution is 2.17. The third kappa shape index (κ3) is 2.99. The number of hydrogen-bond donors (Lipinski definition) is 0. The Morgan fingerprint density at radius 1 is 1.11 bits per heavy atom. The molecule has 0 spiro atoms. The summed E-state index contributed by atoms with van der Waals surface area (Å²) in [5, 5.41) is 0. The molecule has 2 aromatic rings. The standard InChI is InChI=1S/C15H12BrO2/c1-11-6-2-4-8-13(11)15(17)18-10-12-7-3-5-9-14(12)16/h2-9H,1,10H2. The van der Waals surface area contributed by atoms with Crippen LogP contribution >= 0.6 is 15.9 Å². The molecule has 1 radical (unpaired) electrons. The van der Waals surface area contributed by atoms with Crippen LogP contribution < -0.4 is 0 Å². The quantitative estimate of drug-likeness (QED) is 0.802. The lowest BCUT2D eigenvalue weighted by atomic mass is 10.1. The predicted molar refractivity (Wildman–Crippen MR) is 74.2 cm³/mol. The molecule has 18 heavy (non-hydrogen) atoms. The zero-order chi connectivity index (χ0) is 13.0.